The summed E-state index contributed by atoms with van der Waals surface area (Å²) in [5.74, 6) is -0.902. The molecule has 0 amide bonds. The Morgan fingerprint density at radius 1 is 1.09 bits per heavy atom. The van der Waals surface area contributed by atoms with Gasteiger partial charge >= 0.3 is 12.1 Å². The van der Waals surface area contributed by atoms with Crippen molar-refractivity contribution in [3.05, 3.63) is 34.9 Å². The number of aryl methyl sites for hydroxylation is 2. The molecule has 5 nitrogen and oxygen atoms in total. The van der Waals surface area contributed by atoms with Gasteiger partial charge in [0.25, 0.3) is 0 Å². The normalized spacial score (nSPS) is 10.3. The number of carboxylic acids is 1. The minimum Gasteiger partial charge on any atom is -0.478 e. The molecule has 0 radical (unpaired) electrons. The van der Waals surface area contributed by atoms with Crippen molar-refractivity contribution < 1.29 is 24.2 Å². The maximum atomic E-state index is 11.3. The summed E-state index contributed by atoms with van der Waals surface area (Å²) in [5.41, 5.74) is 2.35. The van der Waals surface area contributed by atoms with Crippen LogP contribution in [0.15, 0.2) is 18.2 Å². The quantitative estimate of drug-likeness (QED) is 0.554. The van der Waals surface area contributed by atoms with Gasteiger partial charge in [0.1, 0.15) is 0 Å². The van der Waals surface area contributed by atoms with Crippen LogP contribution in [0.3, 0.4) is 0 Å². The van der Waals surface area contributed by atoms with E-state index in [4.69, 9.17) is 4.74 Å². The molecular formula is C17H24O5. The number of carboxylic acid groups (broad SMARTS) is 1. The van der Waals surface area contributed by atoms with Crippen LogP contribution in [0, 0.1) is 0 Å². The van der Waals surface area contributed by atoms with Crippen molar-refractivity contribution in [2.75, 3.05) is 13.2 Å². The second-order valence-electron chi connectivity index (χ2n) is 5.04. The molecule has 0 aliphatic carbocycles. The van der Waals surface area contributed by atoms with Gasteiger partial charge in [-0.3, -0.25) is 0 Å². The molecule has 0 heterocycles. The van der Waals surface area contributed by atoms with Crippen LogP contribution in [0.25, 0.3) is 0 Å². The summed E-state index contributed by atoms with van der Waals surface area (Å²) < 4.78 is 9.54. The zero-order chi connectivity index (χ0) is 16.4. The van der Waals surface area contributed by atoms with Crippen molar-refractivity contribution in [3.8, 4) is 0 Å². The molecule has 1 aromatic rings. The third kappa shape index (κ3) is 6.16. The summed E-state index contributed by atoms with van der Waals surface area (Å²) in [6.07, 6.45) is 3.41. The van der Waals surface area contributed by atoms with Gasteiger partial charge in [-0.2, -0.15) is 0 Å². The van der Waals surface area contributed by atoms with E-state index in [0.29, 0.717) is 25.0 Å². The molecule has 1 N–H and O–H groups in total. The molecule has 0 bridgehead atoms. The van der Waals surface area contributed by atoms with Crippen molar-refractivity contribution >= 4 is 12.1 Å². The highest BCUT2D eigenvalue weighted by atomic mass is 16.7. The van der Waals surface area contributed by atoms with Crippen LogP contribution >= 0.6 is 0 Å². The lowest BCUT2D eigenvalue weighted by Gasteiger charge is -2.09. The van der Waals surface area contributed by atoms with Crippen LogP contribution in [-0.2, 0) is 22.3 Å². The Hall–Kier alpha value is -2.04. The minimum absolute atomic E-state index is 0.288. The highest BCUT2D eigenvalue weighted by Crippen LogP contribution is 2.16. The molecule has 1 rings (SSSR count). The zero-order valence-electron chi connectivity index (χ0n) is 13.3. The fraction of sp³-hybridized carbons (Fsp3) is 0.529. The average molecular weight is 308 g/mol. The number of benzene rings is 1. The topological polar surface area (TPSA) is 72.8 Å². The second-order valence-corrected chi connectivity index (χ2v) is 5.04. The summed E-state index contributed by atoms with van der Waals surface area (Å²) in [6, 6.07) is 5.53. The predicted octanol–water partition coefficient (Wildman–Crippen LogP) is 3.83. The van der Waals surface area contributed by atoms with Gasteiger partial charge in [-0.15, -0.1) is 0 Å². The lowest BCUT2D eigenvalue weighted by atomic mass is 9.97. The summed E-state index contributed by atoms with van der Waals surface area (Å²) >= 11 is 0. The molecule has 0 unspecified atom stereocenters. The fourth-order valence-electron chi connectivity index (χ4n) is 2.24. The van der Waals surface area contributed by atoms with E-state index < -0.39 is 12.1 Å². The highest BCUT2D eigenvalue weighted by Gasteiger charge is 2.10. The first-order chi connectivity index (χ1) is 10.6. The van der Waals surface area contributed by atoms with E-state index in [1.54, 1.807) is 13.0 Å². The SMILES string of the molecule is CCCc1ccc(C(=O)O)c(CCCCOC(=O)OCC)c1. The molecular weight excluding hydrogens is 284 g/mol. The number of aromatic carboxylic acids is 1. The summed E-state index contributed by atoms with van der Waals surface area (Å²) in [7, 11) is 0. The maximum absolute atomic E-state index is 11.3. The molecule has 0 saturated carbocycles. The highest BCUT2D eigenvalue weighted by molar-refractivity contribution is 5.89. The smallest absolute Gasteiger partial charge is 0.478 e. The zero-order valence-corrected chi connectivity index (χ0v) is 13.3. The largest absolute Gasteiger partial charge is 0.508 e. The van der Waals surface area contributed by atoms with Crippen molar-refractivity contribution in [2.45, 2.75) is 46.0 Å². The van der Waals surface area contributed by atoms with Crippen LogP contribution in [-0.4, -0.2) is 30.4 Å². The van der Waals surface area contributed by atoms with Crippen LogP contribution in [0.5, 0.6) is 0 Å². The Bertz CT molecular complexity index is 496. The van der Waals surface area contributed by atoms with Crippen LogP contribution in [0.1, 0.15) is 54.6 Å². The number of hydrogen-bond acceptors (Lipinski definition) is 4. The van der Waals surface area contributed by atoms with E-state index in [-0.39, 0.29) is 6.61 Å². The molecule has 0 spiro atoms. The molecule has 0 fully saturated rings. The molecule has 122 valence electrons. The average Bonchev–Trinajstić information content (AvgIpc) is 2.47. The number of unbranched alkanes of at least 4 members (excludes halogenated alkanes) is 1. The molecule has 0 saturated heterocycles. The first-order valence-electron chi connectivity index (χ1n) is 7.73. The molecule has 1 aromatic carbocycles. The van der Waals surface area contributed by atoms with Gasteiger partial charge in [0.2, 0.25) is 0 Å². The molecule has 22 heavy (non-hydrogen) atoms. The number of hydrogen-bond donors (Lipinski definition) is 1. The Morgan fingerprint density at radius 2 is 1.86 bits per heavy atom. The van der Waals surface area contributed by atoms with E-state index in [1.807, 2.05) is 12.1 Å². The van der Waals surface area contributed by atoms with Gasteiger partial charge in [-0.1, -0.05) is 25.5 Å². The molecule has 0 aliphatic heterocycles. The van der Waals surface area contributed by atoms with Crippen molar-refractivity contribution in [1.29, 1.82) is 0 Å². The van der Waals surface area contributed by atoms with Crippen LogP contribution in [0.4, 0.5) is 4.79 Å². The summed E-state index contributed by atoms with van der Waals surface area (Å²) in [5, 5.41) is 9.24. The standard InChI is InChI=1S/C17H24O5/c1-3-7-13-9-10-15(16(18)19)14(12-13)8-5-6-11-22-17(20)21-4-2/h9-10,12H,3-8,11H2,1-2H3,(H,18,19). The van der Waals surface area contributed by atoms with E-state index in [0.717, 1.165) is 30.4 Å². The molecule has 0 aliphatic rings. The number of ether oxygens (including phenoxy) is 2. The molecule has 0 atom stereocenters. The van der Waals surface area contributed by atoms with Gasteiger partial charge < -0.3 is 14.6 Å². The molecule has 0 aromatic heterocycles. The van der Waals surface area contributed by atoms with Gasteiger partial charge in [-0.25, -0.2) is 9.59 Å². The van der Waals surface area contributed by atoms with Crippen molar-refractivity contribution in [1.82, 2.24) is 0 Å². The van der Waals surface area contributed by atoms with Crippen molar-refractivity contribution in [3.63, 3.8) is 0 Å². The third-order valence-electron chi connectivity index (χ3n) is 3.26. The Kier molecular flexibility index (Phi) is 8.04. The summed E-state index contributed by atoms with van der Waals surface area (Å²) in [6.45, 7) is 4.40. The minimum atomic E-state index is -0.902. The van der Waals surface area contributed by atoms with E-state index >= 15 is 0 Å². The third-order valence-corrected chi connectivity index (χ3v) is 3.26. The van der Waals surface area contributed by atoms with Crippen LogP contribution in [0.2, 0.25) is 0 Å². The van der Waals surface area contributed by atoms with Gasteiger partial charge in [0.15, 0.2) is 0 Å². The fourth-order valence-corrected chi connectivity index (χ4v) is 2.24. The van der Waals surface area contributed by atoms with E-state index in [9.17, 15) is 14.7 Å². The van der Waals surface area contributed by atoms with Crippen molar-refractivity contribution in [2.24, 2.45) is 0 Å². The van der Waals surface area contributed by atoms with Crippen LogP contribution < -0.4 is 0 Å². The summed E-state index contributed by atoms with van der Waals surface area (Å²) in [4.78, 5) is 22.3. The first kappa shape index (κ1) is 18.0. The van der Waals surface area contributed by atoms with E-state index in [2.05, 4.69) is 11.7 Å². The van der Waals surface area contributed by atoms with E-state index in [1.165, 1.54) is 0 Å². The van der Waals surface area contributed by atoms with Gasteiger partial charge in [-0.05, 0) is 49.8 Å². The van der Waals surface area contributed by atoms with Gasteiger partial charge in [0.05, 0.1) is 18.8 Å². The lowest BCUT2D eigenvalue weighted by molar-refractivity contribution is 0.0579. The Labute approximate surface area is 131 Å². The monoisotopic (exact) mass is 308 g/mol. The molecule has 5 heteroatoms. The Balaban J connectivity index is 2.51. The lowest BCUT2D eigenvalue weighted by Crippen LogP contribution is -2.08. The Morgan fingerprint density at radius 3 is 2.50 bits per heavy atom. The second kappa shape index (κ2) is 9.82. The number of carbonyl (C=O) groups is 2. The predicted molar refractivity (Wildman–Crippen MR) is 83.3 cm³/mol. The van der Waals surface area contributed by atoms with Gasteiger partial charge in [0, 0.05) is 0 Å². The number of carbonyl (C=O) groups excluding carboxylic acids is 1. The number of rotatable bonds is 9. The maximum Gasteiger partial charge on any atom is 0.508 e. The first-order valence-corrected chi connectivity index (χ1v) is 7.73.